The summed E-state index contributed by atoms with van der Waals surface area (Å²) in [5, 5.41) is 5.74. The van der Waals surface area contributed by atoms with Gasteiger partial charge in [-0.3, -0.25) is 4.79 Å². The number of rotatable bonds is 6. The van der Waals surface area contributed by atoms with Gasteiger partial charge in [0.05, 0.1) is 6.54 Å². The van der Waals surface area contributed by atoms with Gasteiger partial charge in [0.15, 0.2) is 6.10 Å². The van der Waals surface area contributed by atoms with Crippen molar-refractivity contribution in [3.05, 3.63) is 45.4 Å². The Hall–Kier alpha value is -1.88. The van der Waals surface area contributed by atoms with Crippen molar-refractivity contribution in [1.29, 1.82) is 0 Å². The smallest absolute Gasteiger partial charge is 0.261 e. The highest BCUT2D eigenvalue weighted by Crippen LogP contribution is 2.24. The van der Waals surface area contributed by atoms with Crippen molar-refractivity contribution in [2.24, 2.45) is 0 Å². The van der Waals surface area contributed by atoms with Crippen LogP contribution in [0.1, 0.15) is 48.5 Å². The van der Waals surface area contributed by atoms with Crippen molar-refractivity contribution in [2.75, 3.05) is 0 Å². The van der Waals surface area contributed by atoms with E-state index in [0.29, 0.717) is 12.5 Å². The van der Waals surface area contributed by atoms with E-state index in [0.717, 1.165) is 16.5 Å². The fourth-order valence-electron chi connectivity index (χ4n) is 2.42. The summed E-state index contributed by atoms with van der Waals surface area (Å²) in [6.45, 7) is 10.5. The summed E-state index contributed by atoms with van der Waals surface area (Å²) in [7, 11) is 0. The molecule has 1 amide bonds. The number of hydrogen-bond donors (Lipinski definition) is 1. The Kier molecular flexibility index (Phi) is 5.77. The van der Waals surface area contributed by atoms with Gasteiger partial charge in [0.2, 0.25) is 0 Å². The molecule has 0 spiro atoms. The van der Waals surface area contributed by atoms with E-state index in [1.165, 1.54) is 11.1 Å². The quantitative estimate of drug-likeness (QED) is 0.871. The summed E-state index contributed by atoms with van der Waals surface area (Å²) in [4.78, 5) is 16.5. The standard InChI is InChI=1S/C18H24N2O2S/c1-11(2)16-7-6-15(8-12(16)3)22-14(5)18(21)19-9-17-20-13(4)10-23-17/h6-8,10-11,14H,9H2,1-5H3,(H,19,21)/t14-/m1/s1. The third-order valence-corrected chi connectivity index (χ3v) is 4.59. The molecule has 1 atom stereocenters. The van der Waals surface area contributed by atoms with Crippen LogP contribution >= 0.6 is 11.3 Å². The van der Waals surface area contributed by atoms with E-state index >= 15 is 0 Å². The van der Waals surface area contributed by atoms with E-state index in [9.17, 15) is 4.79 Å². The van der Waals surface area contributed by atoms with Crippen molar-refractivity contribution < 1.29 is 9.53 Å². The first-order valence-corrected chi connectivity index (χ1v) is 8.70. The van der Waals surface area contributed by atoms with Gasteiger partial charge in [-0.2, -0.15) is 0 Å². The second kappa shape index (κ2) is 7.59. The number of ether oxygens (including phenoxy) is 1. The normalized spacial score (nSPS) is 12.3. The number of nitrogens with zero attached hydrogens (tertiary/aromatic N) is 1. The second-order valence-electron chi connectivity index (χ2n) is 6.03. The molecule has 1 aromatic carbocycles. The molecule has 2 rings (SSSR count). The van der Waals surface area contributed by atoms with E-state index in [1.54, 1.807) is 18.3 Å². The summed E-state index contributed by atoms with van der Waals surface area (Å²) >= 11 is 1.55. The van der Waals surface area contributed by atoms with E-state index in [2.05, 4.69) is 37.1 Å². The SMILES string of the molecule is Cc1csc(CNC(=O)[C@@H](C)Oc2ccc(C(C)C)c(C)c2)n1. The van der Waals surface area contributed by atoms with Crippen molar-refractivity contribution in [3.8, 4) is 5.75 Å². The first-order valence-electron chi connectivity index (χ1n) is 7.82. The molecule has 2 aromatic rings. The summed E-state index contributed by atoms with van der Waals surface area (Å²) < 4.78 is 5.76. The zero-order valence-electron chi connectivity index (χ0n) is 14.3. The molecule has 4 nitrogen and oxygen atoms in total. The van der Waals surface area contributed by atoms with Gasteiger partial charge >= 0.3 is 0 Å². The number of hydrogen-bond acceptors (Lipinski definition) is 4. The highest BCUT2D eigenvalue weighted by Gasteiger charge is 2.15. The maximum Gasteiger partial charge on any atom is 0.261 e. The number of nitrogens with one attached hydrogen (secondary N) is 1. The molecule has 1 aromatic heterocycles. The molecule has 23 heavy (non-hydrogen) atoms. The zero-order chi connectivity index (χ0) is 17.0. The Balaban J connectivity index is 1.91. The molecular formula is C18H24N2O2S. The summed E-state index contributed by atoms with van der Waals surface area (Å²) in [6, 6.07) is 5.98. The van der Waals surface area contributed by atoms with Crippen LogP contribution in [0, 0.1) is 13.8 Å². The van der Waals surface area contributed by atoms with Gasteiger partial charge < -0.3 is 10.1 Å². The molecular weight excluding hydrogens is 308 g/mol. The van der Waals surface area contributed by atoms with E-state index in [4.69, 9.17) is 4.74 Å². The fourth-order valence-corrected chi connectivity index (χ4v) is 3.13. The monoisotopic (exact) mass is 332 g/mol. The van der Waals surface area contributed by atoms with Crippen molar-refractivity contribution in [3.63, 3.8) is 0 Å². The van der Waals surface area contributed by atoms with Gasteiger partial charge in [-0.25, -0.2) is 4.98 Å². The molecule has 0 aliphatic heterocycles. The minimum atomic E-state index is -0.541. The molecule has 0 aliphatic carbocycles. The van der Waals surface area contributed by atoms with Crippen LogP contribution in [0.3, 0.4) is 0 Å². The molecule has 0 radical (unpaired) electrons. The third kappa shape index (κ3) is 4.79. The molecule has 0 bridgehead atoms. The molecule has 124 valence electrons. The minimum Gasteiger partial charge on any atom is -0.481 e. The minimum absolute atomic E-state index is 0.136. The zero-order valence-corrected chi connectivity index (χ0v) is 15.2. The largest absolute Gasteiger partial charge is 0.481 e. The predicted molar refractivity (Wildman–Crippen MR) is 94.1 cm³/mol. The summed E-state index contributed by atoms with van der Waals surface area (Å²) in [5.41, 5.74) is 3.46. The summed E-state index contributed by atoms with van der Waals surface area (Å²) in [5.74, 6) is 1.06. The van der Waals surface area contributed by atoms with Crippen LogP contribution in [0.25, 0.3) is 0 Å². The maximum absolute atomic E-state index is 12.1. The molecule has 0 unspecified atom stereocenters. The molecule has 0 saturated carbocycles. The van der Waals surface area contributed by atoms with Crippen LogP contribution in [-0.2, 0) is 11.3 Å². The lowest BCUT2D eigenvalue weighted by Crippen LogP contribution is -2.35. The second-order valence-corrected chi connectivity index (χ2v) is 6.98. The lowest BCUT2D eigenvalue weighted by Gasteiger charge is -2.16. The van der Waals surface area contributed by atoms with Crippen LogP contribution in [-0.4, -0.2) is 17.0 Å². The topological polar surface area (TPSA) is 51.2 Å². The van der Waals surface area contributed by atoms with Crippen molar-refractivity contribution in [2.45, 2.75) is 53.2 Å². The van der Waals surface area contributed by atoms with Crippen LogP contribution in [0.5, 0.6) is 5.75 Å². The van der Waals surface area contributed by atoms with E-state index < -0.39 is 6.10 Å². The number of aromatic nitrogens is 1. The van der Waals surface area contributed by atoms with Crippen LogP contribution < -0.4 is 10.1 Å². The van der Waals surface area contributed by atoms with Gasteiger partial charge in [-0.05, 0) is 49.9 Å². The van der Waals surface area contributed by atoms with Gasteiger partial charge in [-0.15, -0.1) is 11.3 Å². The average Bonchev–Trinajstić information content (AvgIpc) is 2.90. The van der Waals surface area contributed by atoms with E-state index in [-0.39, 0.29) is 5.91 Å². The first-order chi connectivity index (χ1) is 10.9. The van der Waals surface area contributed by atoms with Gasteiger partial charge in [0, 0.05) is 11.1 Å². The Morgan fingerprint density at radius 2 is 2.04 bits per heavy atom. The predicted octanol–water partition coefficient (Wildman–Crippen LogP) is 3.97. The highest BCUT2D eigenvalue weighted by molar-refractivity contribution is 7.09. The van der Waals surface area contributed by atoms with Gasteiger partial charge in [0.25, 0.3) is 5.91 Å². The Labute approximate surface area is 141 Å². The summed E-state index contributed by atoms with van der Waals surface area (Å²) in [6.07, 6.45) is -0.541. The van der Waals surface area contributed by atoms with Crippen LogP contribution in [0.4, 0.5) is 0 Å². The number of amides is 1. The number of benzene rings is 1. The van der Waals surface area contributed by atoms with Crippen molar-refractivity contribution in [1.82, 2.24) is 10.3 Å². The number of carbonyl (C=O) groups excluding carboxylic acids is 1. The van der Waals surface area contributed by atoms with Gasteiger partial charge in [0.1, 0.15) is 10.8 Å². The average molecular weight is 332 g/mol. The Morgan fingerprint density at radius 3 is 2.61 bits per heavy atom. The molecule has 1 heterocycles. The number of carbonyl (C=O) groups is 1. The third-order valence-electron chi connectivity index (χ3n) is 3.63. The maximum atomic E-state index is 12.1. The molecule has 0 fully saturated rings. The van der Waals surface area contributed by atoms with E-state index in [1.807, 2.05) is 24.4 Å². The molecule has 5 heteroatoms. The lowest BCUT2D eigenvalue weighted by atomic mass is 9.98. The molecule has 0 saturated heterocycles. The molecule has 1 N–H and O–H groups in total. The number of thiazole rings is 1. The van der Waals surface area contributed by atoms with Crippen LogP contribution in [0.2, 0.25) is 0 Å². The fraction of sp³-hybridized carbons (Fsp3) is 0.444. The Morgan fingerprint density at radius 1 is 1.30 bits per heavy atom. The lowest BCUT2D eigenvalue weighted by molar-refractivity contribution is -0.127. The molecule has 0 aliphatic rings. The Bertz CT molecular complexity index is 679. The first kappa shape index (κ1) is 17.5. The van der Waals surface area contributed by atoms with Gasteiger partial charge in [-0.1, -0.05) is 19.9 Å². The highest BCUT2D eigenvalue weighted by atomic mass is 32.1. The van der Waals surface area contributed by atoms with Crippen molar-refractivity contribution >= 4 is 17.2 Å². The van der Waals surface area contributed by atoms with Crippen LogP contribution in [0.15, 0.2) is 23.6 Å². The number of aryl methyl sites for hydroxylation is 2.